The van der Waals surface area contributed by atoms with Crippen LogP contribution in [0.4, 0.5) is 0 Å². The Morgan fingerprint density at radius 1 is 1.24 bits per heavy atom. The van der Waals surface area contributed by atoms with Crippen molar-refractivity contribution in [2.75, 3.05) is 32.8 Å². The smallest absolute Gasteiger partial charge is 0.290 e. The molecule has 2 aromatic heterocycles. The highest BCUT2D eigenvalue weighted by atomic mass is 35.5. The zero-order chi connectivity index (χ0) is 23.2. The van der Waals surface area contributed by atoms with Gasteiger partial charge in [0.25, 0.3) is 5.91 Å². The van der Waals surface area contributed by atoms with Crippen LogP contribution in [-0.2, 0) is 16.0 Å². The van der Waals surface area contributed by atoms with Crippen LogP contribution in [0.3, 0.4) is 0 Å². The molecule has 1 aliphatic heterocycles. The number of fused-ring (bicyclic) bond motifs is 1. The van der Waals surface area contributed by atoms with Gasteiger partial charge in [-0.3, -0.25) is 9.59 Å². The highest BCUT2D eigenvalue weighted by Crippen LogP contribution is 2.38. The van der Waals surface area contributed by atoms with Crippen LogP contribution in [-0.4, -0.2) is 54.5 Å². The van der Waals surface area contributed by atoms with Gasteiger partial charge in [0.15, 0.2) is 5.76 Å². The second-order valence-corrected chi connectivity index (χ2v) is 9.28. The Kier molecular flexibility index (Phi) is 7.85. The minimum absolute atomic E-state index is 0.0186. The largest absolute Gasteiger partial charge is 0.459 e. The highest BCUT2D eigenvalue weighted by molar-refractivity contribution is 7.10. The summed E-state index contributed by atoms with van der Waals surface area (Å²) in [6.45, 7) is 4.07. The highest BCUT2D eigenvalue weighted by Gasteiger charge is 2.34. The predicted octanol–water partition coefficient (Wildman–Crippen LogP) is 5.04. The van der Waals surface area contributed by atoms with E-state index in [1.807, 2.05) is 36.1 Å². The molecule has 33 heavy (non-hydrogen) atoms. The van der Waals surface area contributed by atoms with E-state index in [0.717, 1.165) is 17.5 Å². The van der Waals surface area contributed by atoms with Crippen LogP contribution in [0.15, 0.2) is 58.5 Å². The van der Waals surface area contributed by atoms with Crippen LogP contribution in [0.1, 0.15) is 45.9 Å². The van der Waals surface area contributed by atoms with Crippen LogP contribution >= 0.6 is 22.9 Å². The van der Waals surface area contributed by atoms with Gasteiger partial charge < -0.3 is 19.0 Å². The second-order valence-electron chi connectivity index (χ2n) is 7.84. The van der Waals surface area contributed by atoms with Gasteiger partial charge in [-0.1, -0.05) is 23.7 Å². The number of thiophene rings is 1. The number of hydrogen-bond acceptors (Lipinski definition) is 5. The molecule has 0 N–H and O–H groups in total. The van der Waals surface area contributed by atoms with E-state index in [4.69, 9.17) is 20.8 Å². The zero-order valence-electron chi connectivity index (χ0n) is 18.5. The number of benzene rings is 1. The standard InChI is InChI=1S/C25H27ClN2O4S/c1-2-31-14-4-12-27(25(30)21-5-3-15-32-21)17-23(29)28-13-10-22-20(11-16-33-22)24(28)18-6-8-19(26)9-7-18/h3,5-9,11,15-16,24H,2,4,10,12-14,17H2,1H3. The maximum Gasteiger partial charge on any atom is 0.290 e. The van der Waals surface area contributed by atoms with E-state index in [2.05, 4.69) is 11.4 Å². The minimum Gasteiger partial charge on any atom is -0.459 e. The Bertz CT molecular complexity index is 1060. The number of ether oxygens (including phenoxy) is 1. The van der Waals surface area contributed by atoms with E-state index in [0.29, 0.717) is 37.7 Å². The molecule has 8 heteroatoms. The van der Waals surface area contributed by atoms with Crippen molar-refractivity contribution in [3.05, 3.63) is 80.9 Å². The second kappa shape index (κ2) is 11.0. The quantitative estimate of drug-likeness (QED) is 0.397. The normalized spacial score (nSPS) is 15.3. The summed E-state index contributed by atoms with van der Waals surface area (Å²) in [5.74, 6) is -0.156. The predicted molar refractivity (Wildman–Crippen MR) is 129 cm³/mol. The molecule has 1 aliphatic rings. The van der Waals surface area contributed by atoms with Crippen molar-refractivity contribution in [1.29, 1.82) is 0 Å². The van der Waals surface area contributed by atoms with Gasteiger partial charge in [0.05, 0.1) is 12.3 Å². The number of furan rings is 1. The minimum atomic E-state index is -0.291. The molecule has 0 radical (unpaired) electrons. The average molecular weight is 487 g/mol. The molecular weight excluding hydrogens is 460 g/mol. The molecule has 1 aromatic carbocycles. The van der Waals surface area contributed by atoms with Crippen molar-refractivity contribution in [2.45, 2.75) is 25.8 Å². The van der Waals surface area contributed by atoms with E-state index < -0.39 is 0 Å². The van der Waals surface area contributed by atoms with Gasteiger partial charge in [0.1, 0.15) is 6.54 Å². The average Bonchev–Trinajstić information content (AvgIpc) is 3.53. The lowest BCUT2D eigenvalue weighted by molar-refractivity contribution is -0.134. The third kappa shape index (κ3) is 5.49. The maximum absolute atomic E-state index is 13.6. The molecule has 0 saturated heterocycles. The molecule has 1 atom stereocenters. The van der Waals surface area contributed by atoms with Crippen molar-refractivity contribution < 1.29 is 18.7 Å². The van der Waals surface area contributed by atoms with Crippen molar-refractivity contribution in [3.8, 4) is 0 Å². The molecule has 6 nitrogen and oxygen atoms in total. The Morgan fingerprint density at radius 3 is 2.79 bits per heavy atom. The van der Waals surface area contributed by atoms with E-state index in [9.17, 15) is 9.59 Å². The molecule has 1 unspecified atom stereocenters. The number of carbonyl (C=O) groups is 2. The SMILES string of the molecule is CCOCCCN(CC(=O)N1CCc2sccc2C1c1ccc(Cl)cc1)C(=O)c1ccco1. The fourth-order valence-corrected chi connectivity index (χ4v) is 5.18. The van der Waals surface area contributed by atoms with Crippen LogP contribution in [0.2, 0.25) is 5.02 Å². The van der Waals surface area contributed by atoms with Gasteiger partial charge in [-0.05, 0) is 66.6 Å². The fraction of sp³-hybridized carbons (Fsp3) is 0.360. The number of rotatable bonds is 9. The molecule has 3 heterocycles. The molecule has 0 fully saturated rings. The number of nitrogens with zero attached hydrogens (tertiary/aromatic N) is 2. The third-order valence-corrected chi connectivity index (χ3v) is 6.99. The van der Waals surface area contributed by atoms with E-state index in [1.54, 1.807) is 28.4 Å². The lowest BCUT2D eigenvalue weighted by Gasteiger charge is -2.37. The first-order valence-corrected chi connectivity index (χ1v) is 12.4. The summed E-state index contributed by atoms with van der Waals surface area (Å²) in [4.78, 5) is 31.4. The van der Waals surface area contributed by atoms with E-state index in [-0.39, 0.29) is 30.2 Å². The topological polar surface area (TPSA) is 63.0 Å². The molecule has 0 aliphatic carbocycles. The van der Waals surface area contributed by atoms with Crippen molar-refractivity contribution in [3.63, 3.8) is 0 Å². The third-order valence-electron chi connectivity index (χ3n) is 5.74. The molecule has 2 amide bonds. The Labute approximate surface area is 202 Å². The van der Waals surface area contributed by atoms with Crippen LogP contribution < -0.4 is 0 Å². The van der Waals surface area contributed by atoms with Crippen LogP contribution in [0.5, 0.6) is 0 Å². The number of amides is 2. The molecule has 4 rings (SSSR count). The number of halogens is 1. The summed E-state index contributed by atoms with van der Waals surface area (Å²) >= 11 is 7.83. The van der Waals surface area contributed by atoms with Gasteiger partial charge in [-0.15, -0.1) is 11.3 Å². The Hall–Kier alpha value is -2.61. The first-order valence-electron chi connectivity index (χ1n) is 11.1. The van der Waals surface area contributed by atoms with Gasteiger partial charge in [0.2, 0.25) is 5.91 Å². The lowest BCUT2D eigenvalue weighted by Crippen LogP contribution is -2.47. The zero-order valence-corrected chi connectivity index (χ0v) is 20.1. The Balaban J connectivity index is 1.56. The molecule has 0 bridgehead atoms. The number of hydrogen-bond donors (Lipinski definition) is 0. The van der Waals surface area contributed by atoms with Gasteiger partial charge in [-0.2, -0.15) is 0 Å². The van der Waals surface area contributed by atoms with Crippen LogP contribution in [0.25, 0.3) is 0 Å². The molecule has 0 saturated carbocycles. The monoisotopic (exact) mass is 486 g/mol. The molecule has 174 valence electrons. The fourth-order valence-electron chi connectivity index (χ4n) is 4.15. The summed E-state index contributed by atoms with van der Waals surface area (Å²) in [7, 11) is 0. The summed E-state index contributed by atoms with van der Waals surface area (Å²) in [5.41, 5.74) is 2.15. The van der Waals surface area contributed by atoms with Crippen LogP contribution in [0, 0.1) is 0 Å². The number of carbonyl (C=O) groups excluding carboxylic acids is 2. The summed E-state index contributed by atoms with van der Waals surface area (Å²) in [6.07, 6.45) is 2.91. The first-order chi connectivity index (χ1) is 16.1. The van der Waals surface area contributed by atoms with Crippen molar-refractivity contribution >= 4 is 34.8 Å². The van der Waals surface area contributed by atoms with Crippen molar-refractivity contribution in [2.24, 2.45) is 0 Å². The maximum atomic E-state index is 13.6. The first kappa shape index (κ1) is 23.5. The van der Waals surface area contributed by atoms with E-state index in [1.165, 1.54) is 11.1 Å². The molecule has 0 spiro atoms. The molecule has 3 aromatic rings. The van der Waals surface area contributed by atoms with Crippen molar-refractivity contribution in [1.82, 2.24) is 9.80 Å². The van der Waals surface area contributed by atoms with Gasteiger partial charge in [-0.25, -0.2) is 0 Å². The molecular formula is C25H27ClN2O4S. The summed E-state index contributed by atoms with van der Waals surface area (Å²) in [5, 5.41) is 2.73. The lowest BCUT2D eigenvalue weighted by atomic mass is 9.93. The summed E-state index contributed by atoms with van der Waals surface area (Å²) < 4.78 is 10.7. The van der Waals surface area contributed by atoms with Gasteiger partial charge in [0, 0.05) is 36.2 Å². The summed E-state index contributed by atoms with van der Waals surface area (Å²) in [6, 6.07) is 12.8. The Morgan fingerprint density at radius 2 is 2.06 bits per heavy atom. The van der Waals surface area contributed by atoms with Gasteiger partial charge >= 0.3 is 0 Å². The van der Waals surface area contributed by atoms with E-state index >= 15 is 0 Å².